The van der Waals surface area contributed by atoms with Gasteiger partial charge in [0.1, 0.15) is 11.4 Å². The molecule has 2 aromatic carbocycles. The predicted molar refractivity (Wildman–Crippen MR) is 134 cm³/mol. The third-order valence-corrected chi connectivity index (χ3v) is 6.24. The molecule has 0 aliphatic carbocycles. The topological polar surface area (TPSA) is 112 Å². The number of rotatable bonds is 6. The Morgan fingerprint density at radius 1 is 1.05 bits per heavy atom. The first kappa shape index (κ1) is 27.0. The van der Waals surface area contributed by atoms with E-state index in [1.54, 1.807) is 29.4 Å². The van der Waals surface area contributed by atoms with Crippen LogP contribution in [0.4, 0.5) is 32.0 Å². The van der Waals surface area contributed by atoms with Gasteiger partial charge in [-0.05, 0) is 54.4 Å². The van der Waals surface area contributed by atoms with Gasteiger partial charge in [0.2, 0.25) is 0 Å². The highest BCUT2D eigenvalue weighted by atomic mass is 19.4. The quantitative estimate of drug-likeness (QED) is 0.202. The molecule has 3 aromatic heterocycles. The van der Waals surface area contributed by atoms with Crippen molar-refractivity contribution < 1.29 is 31.4 Å². The zero-order valence-corrected chi connectivity index (χ0v) is 20.5. The van der Waals surface area contributed by atoms with Crippen molar-refractivity contribution in [3.8, 4) is 17.1 Å². The minimum absolute atomic E-state index is 0.0136. The first-order chi connectivity index (χ1) is 18.8. The molecule has 40 heavy (non-hydrogen) atoms. The normalized spacial score (nSPS) is 13.1. The number of benzene rings is 2. The number of H-pyrrole nitrogens is 2. The van der Waals surface area contributed by atoms with E-state index in [1.165, 1.54) is 12.3 Å². The molecule has 5 aromatic rings. The molecule has 0 radical (unpaired) electrons. The number of aromatic nitrogens is 5. The van der Waals surface area contributed by atoms with E-state index in [-0.39, 0.29) is 23.1 Å². The summed E-state index contributed by atoms with van der Waals surface area (Å²) >= 11 is 0. The van der Waals surface area contributed by atoms with Crippen LogP contribution in [-0.2, 0) is 12.4 Å². The Bertz CT molecular complexity index is 1710. The molecule has 8 nitrogen and oxygen atoms in total. The number of aliphatic hydroxyl groups excluding tert-OH is 1. The molecule has 0 bridgehead atoms. The summed E-state index contributed by atoms with van der Waals surface area (Å²) < 4.78 is 81.2. The van der Waals surface area contributed by atoms with E-state index < -0.39 is 47.3 Å². The van der Waals surface area contributed by atoms with Crippen molar-refractivity contribution in [3.63, 3.8) is 0 Å². The summed E-state index contributed by atoms with van der Waals surface area (Å²) in [4.78, 5) is 27.0. The Morgan fingerprint density at radius 2 is 1.75 bits per heavy atom. The molecule has 0 aliphatic rings. The molecule has 1 atom stereocenters. The molecule has 3 heterocycles. The maximum atomic E-state index is 13.2. The van der Waals surface area contributed by atoms with Gasteiger partial charge in [-0.2, -0.15) is 26.3 Å². The minimum atomic E-state index is -5.06. The third kappa shape index (κ3) is 5.30. The lowest BCUT2D eigenvalue weighted by Gasteiger charge is -2.18. The number of aryl methyl sites for hydroxylation is 1. The number of nitrogens with one attached hydrogen (secondary N) is 3. The van der Waals surface area contributed by atoms with Crippen LogP contribution in [0.15, 0.2) is 66.1 Å². The van der Waals surface area contributed by atoms with Crippen LogP contribution in [0, 0.1) is 6.92 Å². The summed E-state index contributed by atoms with van der Waals surface area (Å²) in [5, 5.41) is 13.3. The summed E-state index contributed by atoms with van der Waals surface area (Å²) in [6.45, 7) is 1.33. The molecule has 0 aliphatic heterocycles. The van der Waals surface area contributed by atoms with Gasteiger partial charge in [0.05, 0.1) is 40.3 Å². The van der Waals surface area contributed by atoms with Gasteiger partial charge in [0, 0.05) is 30.8 Å². The maximum Gasteiger partial charge on any atom is 0.416 e. The van der Waals surface area contributed by atoms with Gasteiger partial charge in [-0.1, -0.05) is 0 Å². The van der Waals surface area contributed by atoms with Crippen molar-refractivity contribution in [3.05, 3.63) is 93.9 Å². The number of alkyl halides is 6. The molecule has 1 unspecified atom stereocenters. The minimum Gasteiger partial charge on any atom is -0.387 e. The number of anilines is 1. The predicted octanol–water partition coefficient (Wildman–Crippen LogP) is 5.60. The highest BCUT2D eigenvalue weighted by Crippen LogP contribution is 2.37. The van der Waals surface area contributed by atoms with Crippen LogP contribution < -0.4 is 10.9 Å². The van der Waals surface area contributed by atoms with Crippen LogP contribution in [0.3, 0.4) is 0 Å². The summed E-state index contributed by atoms with van der Waals surface area (Å²) in [7, 11) is 0. The molecule has 0 amide bonds. The molecule has 208 valence electrons. The number of hydrogen-bond donors (Lipinski definition) is 4. The summed E-state index contributed by atoms with van der Waals surface area (Å²) in [6, 6.07) is 6.03. The van der Waals surface area contributed by atoms with E-state index in [0.29, 0.717) is 23.2 Å². The number of aliphatic hydroxyl groups is 1. The fourth-order valence-corrected chi connectivity index (χ4v) is 4.31. The molecular weight excluding hydrogens is 542 g/mol. The molecule has 14 heteroatoms. The van der Waals surface area contributed by atoms with Gasteiger partial charge in [-0.25, -0.2) is 9.97 Å². The Kier molecular flexibility index (Phi) is 6.66. The Balaban J connectivity index is 1.47. The summed E-state index contributed by atoms with van der Waals surface area (Å²) in [6.07, 6.45) is -5.58. The van der Waals surface area contributed by atoms with Gasteiger partial charge >= 0.3 is 12.4 Å². The van der Waals surface area contributed by atoms with E-state index in [9.17, 15) is 36.2 Å². The first-order valence-corrected chi connectivity index (χ1v) is 11.7. The fraction of sp³-hybridized carbons (Fsp3) is 0.192. The molecule has 0 spiro atoms. The Hall–Kier alpha value is -4.59. The number of hydrogen-bond acceptors (Lipinski definition) is 5. The Labute approximate surface area is 221 Å². The Morgan fingerprint density at radius 3 is 2.38 bits per heavy atom. The van der Waals surface area contributed by atoms with Gasteiger partial charge in [0.15, 0.2) is 0 Å². The monoisotopic (exact) mass is 562 g/mol. The highest BCUT2D eigenvalue weighted by Gasteiger charge is 2.37. The second-order valence-electron chi connectivity index (χ2n) is 9.05. The average molecular weight is 562 g/mol. The second kappa shape index (κ2) is 9.86. The first-order valence-electron chi connectivity index (χ1n) is 11.7. The van der Waals surface area contributed by atoms with E-state index >= 15 is 0 Å². The highest BCUT2D eigenvalue weighted by molar-refractivity contribution is 5.86. The van der Waals surface area contributed by atoms with Gasteiger partial charge < -0.3 is 25.0 Å². The van der Waals surface area contributed by atoms with Crippen molar-refractivity contribution in [2.75, 3.05) is 11.9 Å². The number of halogens is 6. The van der Waals surface area contributed by atoms with Crippen molar-refractivity contribution in [2.24, 2.45) is 0 Å². The smallest absolute Gasteiger partial charge is 0.387 e. The summed E-state index contributed by atoms with van der Waals surface area (Å²) in [5.41, 5.74) is -1.27. The number of pyridine rings is 1. The molecule has 0 fully saturated rings. The molecule has 4 N–H and O–H groups in total. The van der Waals surface area contributed by atoms with E-state index in [4.69, 9.17) is 0 Å². The number of fused-ring (bicyclic) bond motifs is 1. The second-order valence-corrected chi connectivity index (χ2v) is 9.05. The standard InChI is InChI=1S/C26H20F6N6O2/c1-13-6-17(38-5-4-33-12-38)10-19-22(13)37-23(36-19)21-18(2-3-34-24(21)40)35-11-20(39)14-7-15(25(27,28)29)9-16(8-14)26(30,31)32/h2-10,12,20,39H,11H2,1H3,(H,36,37)(H2,34,35,40). The van der Waals surface area contributed by atoms with E-state index in [1.807, 2.05) is 13.0 Å². The molecular formula is C26H20F6N6O2. The molecule has 0 saturated heterocycles. The van der Waals surface area contributed by atoms with Gasteiger partial charge in [-0.3, -0.25) is 4.79 Å². The lowest BCUT2D eigenvalue weighted by molar-refractivity contribution is -0.143. The zero-order valence-electron chi connectivity index (χ0n) is 20.5. The zero-order chi connectivity index (χ0) is 28.8. The fourth-order valence-electron chi connectivity index (χ4n) is 4.31. The van der Waals surface area contributed by atoms with Gasteiger partial charge in [-0.15, -0.1) is 0 Å². The van der Waals surface area contributed by atoms with E-state index in [0.717, 1.165) is 11.3 Å². The van der Waals surface area contributed by atoms with Crippen LogP contribution in [0.25, 0.3) is 28.1 Å². The van der Waals surface area contributed by atoms with Crippen LogP contribution in [-0.4, -0.2) is 36.2 Å². The maximum absolute atomic E-state index is 13.2. The lowest BCUT2D eigenvalue weighted by atomic mass is 10.0. The average Bonchev–Trinajstić information content (AvgIpc) is 3.56. The van der Waals surface area contributed by atoms with Crippen molar-refractivity contribution in [2.45, 2.75) is 25.4 Å². The lowest BCUT2D eigenvalue weighted by Crippen LogP contribution is -2.18. The van der Waals surface area contributed by atoms with Crippen LogP contribution in [0.5, 0.6) is 0 Å². The van der Waals surface area contributed by atoms with Crippen molar-refractivity contribution in [1.29, 1.82) is 0 Å². The molecule has 5 rings (SSSR count). The van der Waals surface area contributed by atoms with Crippen LogP contribution in [0.2, 0.25) is 0 Å². The van der Waals surface area contributed by atoms with Crippen molar-refractivity contribution >= 4 is 16.7 Å². The van der Waals surface area contributed by atoms with Crippen LogP contribution in [0.1, 0.15) is 28.4 Å². The van der Waals surface area contributed by atoms with Crippen molar-refractivity contribution in [1.82, 2.24) is 24.5 Å². The molecule has 0 saturated carbocycles. The number of imidazole rings is 2. The SMILES string of the molecule is Cc1cc(-n2ccnc2)cc2[nH]c(-c3c(NCC(O)c4cc(C(F)(F)F)cc(C(F)(F)F)c4)cc[nH]c3=O)nc12. The largest absolute Gasteiger partial charge is 0.416 e. The third-order valence-electron chi connectivity index (χ3n) is 6.24. The number of nitrogens with zero attached hydrogens (tertiary/aromatic N) is 3. The number of aromatic amines is 2. The van der Waals surface area contributed by atoms with Crippen LogP contribution >= 0.6 is 0 Å². The van der Waals surface area contributed by atoms with Gasteiger partial charge in [0.25, 0.3) is 5.56 Å². The van der Waals surface area contributed by atoms with E-state index in [2.05, 4.69) is 25.3 Å². The summed E-state index contributed by atoms with van der Waals surface area (Å²) in [5.74, 6) is 0.165.